The number of aromatic nitrogens is 3. The third kappa shape index (κ3) is 1.46. The lowest BCUT2D eigenvalue weighted by molar-refractivity contribution is 0.145. The van der Waals surface area contributed by atoms with Crippen LogP contribution in [0.5, 0.6) is 0 Å². The second kappa shape index (κ2) is 3.33. The third-order valence-corrected chi connectivity index (χ3v) is 2.34. The first-order chi connectivity index (χ1) is 6.68. The molecule has 0 spiro atoms. The van der Waals surface area contributed by atoms with E-state index in [1.54, 1.807) is 5.38 Å². The van der Waals surface area contributed by atoms with Crippen LogP contribution in [0.4, 0.5) is 8.78 Å². The Hall–Kier alpha value is -1.50. The number of alkyl halides is 2. The molecule has 2 rings (SSSR count). The first-order valence-corrected chi connectivity index (χ1v) is 4.56. The summed E-state index contributed by atoms with van der Waals surface area (Å²) in [5.74, 6) is 0. The number of halogens is 2. The Morgan fingerprint density at radius 3 is 2.86 bits per heavy atom. The molecule has 0 radical (unpaired) electrons. The van der Waals surface area contributed by atoms with Gasteiger partial charge in [-0.1, -0.05) is 0 Å². The summed E-state index contributed by atoms with van der Waals surface area (Å²) in [5.41, 5.74) is -0.930. The van der Waals surface area contributed by atoms with Gasteiger partial charge in [0, 0.05) is 17.6 Å². The van der Waals surface area contributed by atoms with E-state index in [9.17, 15) is 13.6 Å². The highest BCUT2D eigenvalue weighted by atomic mass is 32.1. The van der Waals surface area contributed by atoms with Crippen LogP contribution < -0.4 is 5.56 Å². The summed E-state index contributed by atoms with van der Waals surface area (Å²) in [6.45, 7) is 0. The van der Waals surface area contributed by atoms with E-state index in [0.717, 1.165) is 10.7 Å². The lowest BCUT2D eigenvalue weighted by atomic mass is 10.5. The fourth-order valence-corrected chi connectivity index (χ4v) is 1.60. The molecule has 0 bridgehead atoms. The van der Waals surface area contributed by atoms with Crippen LogP contribution in [-0.4, -0.2) is 14.8 Å². The lowest BCUT2D eigenvalue weighted by Crippen LogP contribution is -2.12. The van der Waals surface area contributed by atoms with Gasteiger partial charge in [0.1, 0.15) is 5.69 Å². The van der Waals surface area contributed by atoms with Crippen molar-refractivity contribution in [2.45, 2.75) is 6.43 Å². The van der Waals surface area contributed by atoms with E-state index in [-0.39, 0.29) is 0 Å². The van der Waals surface area contributed by atoms with Crippen LogP contribution in [0.25, 0.3) is 5.13 Å². The second-order valence-corrected chi connectivity index (χ2v) is 3.37. The Balaban J connectivity index is 2.50. The van der Waals surface area contributed by atoms with Gasteiger partial charge in [-0.25, -0.2) is 13.8 Å². The molecule has 0 aliphatic heterocycles. The monoisotopic (exact) mass is 217 g/mol. The number of rotatable bonds is 2. The number of hydrogen-bond donors (Lipinski definition) is 1. The Kier molecular flexibility index (Phi) is 2.16. The highest BCUT2D eigenvalue weighted by Crippen LogP contribution is 2.15. The lowest BCUT2D eigenvalue weighted by Gasteiger charge is -1.95. The number of thiazole rings is 1. The van der Waals surface area contributed by atoms with Gasteiger partial charge in [0.05, 0.1) is 0 Å². The smallest absolute Gasteiger partial charge is 0.279 e. The maximum Gasteiger partial charge on any atom is 0.279 e. The zero-order valence-electron chi connectivity index (χ0n) is 6.78. The SMILES string of the molecule is O=c1cc(C(F)F)[nH]n1-c1nccs1. The zero-order valence-corrected chi connectivity index (χ0v) is 7.59. The minimum atomic E-state index is -2.68. The minimum Gasteiger partial charge on any atom is -0.287 e. The Morgan fingerprint density at radius 2 is 2.36 bits per heavy atom. The molecular formula is C7H5F2N3OS. The molecule has 2 aromatic heterocycles. The normalized spacial score (nSPS) is 11.1. The zero-order chi connectivity index (χ0) is 10.1. The van der Waals surface area contributed by atoms with E-state index >= 15 is 0 Å². The molecule has 0 fully saturated rings. The topological polar surface area (TPSA) is 50.7 Å². The van der Waals surface area contributed by atoms with Crippen LogP contribution in [-0.2, 0) is 0 Å². The molecule has 14 heavy (non-hydrogen) atoms. The molecule has 0 atom stereocenters. The van der Waals surface area contributed by atoms with Gasteiger partial charge >= 0.3 is 0 Å². The largest absolute Gasteiger partial charge is 0.287 e. The molecule has 0 saturated carbocycles. The van der Waals surface area contributed by atoms with Crippen LogP contribution in [0.2, 0.25) is 0 Å². The molecule has 1 N–H and O–H groups in total. The molecule has 0 aliphatic carbocycles. The first kappa shape index (κ1) is 9.07. The van der Waals surface area contributed by atoms with Crippen molar-refractivity contribution in [3.63, 3.8) is 0 Å². The quantitative estimate of drug-likeness (QED) is 0.829. The van der Waals surface area contributed by atoms with Gasteiger partial charge in [0.25, 0.3) is 12.0 Å². The Labute approximate surface area is 80.8 Å². The van der Waals surface area contributed by atoms with Crippen molar-refractivity contribution in [1.29, 1.82) is 0 Å². The molecule has 7 heteroatoms. The fraction of sp³-hybridized carbons (Fsp3) is 0.143. The molecule has 2 aromatic rings. The summed E-state index contributed by atoms with van der Waals surface area (Å²) >= 11 is 1.19. The maximum absolute atomic E-state index is 12.2. The molecule has 0 amide bonds. The first-order valence-electron chi connectivity index (χ1n) is 3.68. The van der Waals surface area contributed by atoms with Crippen LogP contribution in [0.1, 0.15) is 12.1 Å². The number of nitrogens with zero attached hydrogens (tertiary/aromatic N) is 2. The van der Waals surface area contributed by atoms with Crippen LogP contribution in [0.3, 0.4) is 0 Å². The third-order valence-electron chi connectivity index (χ3n) is 1.59. The summed E-state index contributed by atoms with van der Waals surface area (Å²) < 4.78 is 25.4. The molecular weight excluding hydrogens is 212 g/mol. The average Bonchev–Trinajstić information content (AvgIpc) is 2.71. The highest BCUT2D eigenvalue weighted by Gasteiger charge is 2.13. The molecule has 2 heterocycles. The Bertz CT molecular complexity index is 473. The van der Waals surface area contributed by atoms with Crippen LogP contribution in [0, 0.1) is 0 Å². The average molecular weight is 217 g/mol. The summed E-state index contributed by atoms with van der Waals surface area (Å²) in [7, 11) is 0. The molecule has 74 valence electrons. The summed E-state index contributed by atoms with van der Waals surface area (Å²) in [5, 5.41) is 4.29. The van der Waals surface area contributed by atoms with Crippen LogP contribution in [0.15, 0.2) is 22.4 Å². The molecule has 4 nitrogen and oxygen atoms in total. The van der Waals surface area contributed by atoms with Gasteiger partial charge in [-0.3, -0.25) is 9.89 Å². The summed E-state index contributed by atoms with van der Waals surface area (Å²) in [6, 6.07) is 0.867. The predicted octanol–water partition coefficient (Wildman–Crippen LogP) is 1.56. The fourth-order valence-electron chi connectivity index (χ4n) is 0.994. The van der Waals surface area contributed by atoms with E-state index < -0.39 is 17.7 Å². The van der Waals surface area contributed by atoms with E-state index in [0.29, 0.717) is 5.13 Å². The molecule has 0 saturated heterocycles. The van der Waals surface area contributed by atoms with Gasteiger partial charge in [-0.15, -0.1) is 11.3 Å². The van der Waals surface area contributed by atoms with Crippen molar-refractivity contribution in [1.82, 2.24) is 14.8 Å². The number of H-pyrrole nitrogens is 1. The van der Waals surface area contributed by atoms with Gasteiger partial charge in [-0.05, 0) is 0 Å². The van der Waals surface area contributed by atoms with E-state index in [1.165, 1.54) is 17.5 Å². The highest BCUT2D eigenvalue weighted by molar-refractivity contribution is 7.12. The van der Waals surface area contributed by atoms with Gasteiger partial charge < -0.3 is 0 Å². The summed E-state index contributed by atoms with van der Waals surface area (Å²) in [4.78, 5) is 15.0. The second-order valence-electron chi connectivity index (χ2n) is 2.50. The maximum atomic E-state index is 12.2. The van der Waals surface area contributed by atoms with Gasteiger partial charge in [-0.2, -0.15) is 4.68 Å². The van der Waals surface area contributed by atoms with Gasteiger partial charge in [0.2, 0.25) is 5.13 Å². The van der Waals surface area contributed by atoms with Crippen molar-refractivity contribution in [2.24, 2.45) is 0 Å². The molecule has 0 aromatic carbocycles. The van der Waals surface area contributed by atoms with E-state index in [1.807, 2.05) is 0 Å². The van der Waals surface area contributed by atoms with Crippen LogP contribution >= 0.6 is 11.3 Å². The van der Waals surface area contributed by atoms with Crippen molar-refractivity contribution >= 4 is 11.3 Å². The van der Waals surface area contributed by atoms with Gasteiger partial charge in [0.15, 0.2) is 0 Å². The minimum absolute atomic E-state index is 0.349. The molecule has 0 aliphatic rings. The van der Waals surface area contributed by atoms with Crippen molar-refractivity contribution < 1.29 is 8.78 Å². The van der Waals surface area contributed by atoms with E-state index in [2.05, 4.69) is 10.1 Å². The van der Waals surface area contributed by atoms with Crippen molar-refractivity contribution in [3.8, 4) is 5.13 Å². The predicted molar refractivity (Wildman–Crippen MR) is 47.0 cm³/mol. The standard InChI is InChI=1S/C7H5F2N3OS/c8-6(9)4-3-5(13)12(11-4)7-10-1-2-14-7/h1-3,6,11H. The van der Waals surface area contributed by atoms with Crippen molar-refractivity contribution in [2.75, 3.05) is 0 Å². The van der Waals surface area contributed by atoms with Crippen molar-refractivity contribution in [3.05, 3.63) is 33.7 Å². The number of nitrogens with one attached hydrogen (secondary N) is 1. The van der Waals surface area contributed by atoms with E-state index in [4.69, 9.17) is 0 Å². The molecule has 0 unspecified atom stereocenters. The summed E-state index contributed by atoms with van der Waals surface area (Å²) in [6.07, 6.45) is -1.18. The number of hydrogen-bond acceptors (Lipinski definition) is 3. The Morgan fingerprint density at radius 1 is 1.57 bits per heavy atom. The number of aromatic amines is 1.